The summed E-state index contributed by atoms with van der Waals surface area (Å²) < 4.78 is 11.2. The first kappa shape index (κ1) is 32.1. The molecule has 2 unspecified atom stereocenters. The highest BCUT2D eigenvalue weighted by Gasteiger charge is 2.22. The number of benzene rings is 2. The number of halogens is 2. The van der Waals surface area contributed by atoms with Crippen LogP contribution in [0.2, 0.25) is 10.0 Å². The summed E-state index contributed by atoms with van der Waals surface area (Å²) in [5, 5.41) is 14.0. The summed E-state index contributed by atoms with van der Waals surface area (Å²) in [4.78, 5) is 30.2. The Kier molecular flexibility index (Phi) is 10.3. The zero-order valence-electron chi connectivity index (χ0n) is 25.7. The fraction of sp³-hybridized carbons (Fsp3) is 0.364. The number of carbonyl (C=O) groups is 1. The SMILES string of the molecule is COc1nc(-c2cccc(-c3cccc(-c4cnc(CNCC5CCC(=O)N5)c(OC)n4)c3Cl)c2Cl)cnc1CNCC1CCN1. The van der Waals surface area contributed by atoms with E-state index in [9.17, 15) is 4.79 Å². The minimum absolute atomic E-state index is 0.0872. The lowest BCUT2D eigenvalue weighted by atomic mass is 9.98. The Labute approximate surface area is 277 Å². The lowest BCUT2D eigenvalue weighted by Gasteiger charge is -2.27. The van der Waals surface area contributed by atoms with Crippen LogP contribution < -0.4 is 30.7 Å². The van der Waals surface area contributed by atoms with E-state index in [1.807, 2.05) is 36.4 Å². The smallest absolute Gasteiger partial charge is 0.237 e. The Morgan fingerprint density at radius 2 is 1.28 bits per heavy atom. The summed E-state index contributed by atoms with van der Waals surface area (Å²) in [5.74, 6) is 0.932. The second kappa shape index (κ2) is 14.7. The minimum Gasteiger partial charge on any atom is -0.480 e. The molecule has 0 radical (unpaired) electrons. The number of carbonyl (C=O) groups excluding carboxylic acids is 1. The van der Waals surface area contributed by atoms with Crippen LogP contribution in [0.5, 0.6) is 11.8 Å². The Morgan fingerprint density at radius 1 is 0.783 bits per heavy atom. The van der Waals surface area contributed by atoms with Gasteiger partial charge in [0.05, 0.1) is 48.0 Å². The van der Waals surface area contributed by atoms with Crippen molar-refractivity contribution in [2.24, 2.45) is 0 Å². The van der Waals surface area contributed by atoms with Crippen LogP contribution in [0.25, 0.3) is 33.6 Å². The molecular formula is C33H36Cl2N8O3. The van der Waals surface area contributed by atoms with Gasteiger partial charge in [-0.25, -0.2) is 9.97 Å². The van der Waals surface area contributed by atoms with Gasteiger partial charge in [0.25, 0.3) is 0 Å². The third-order valence-corrected chi connectivity index (χ3v) is 9.04. The lowest BCUT2D eigenvalue weighted by Crippen LogP contribution is -2.48. The molecule has 4 heterocycles. The topological polar surface area (TPSA) is 135 Å². The summed E-state index contributed by atoms with van der Waals surface area (Å²) in [6.45, 7) is 3.57. The molecule has 2 saturated heterocycles. The van der Waals surface area contributed by atoms with E-state index in [0.717, 1.165) is 36.3 Å². The maximum atomic E-state index is 11.5. The zero-order valence-corrected chi connectivity index (χ0v) is 27.2. The van der Waals surface area contributed by atoms with Gasteiger partial charge in [-0.1, -0.05) is 59.6 Å². The zero-order chi connectivity index (χ0) is 32.0. The maximum absolute atomic E-state index is 11.5. The van der Waals surface area contributed by atoms with E-state index >= 15 is 0 Å². The molecule has 0 saturated carbocycles. The fourth-order valence-electron chi connectivity index (χ4n) is 5.58. The Bertz CT molecular complexity index is 1720. The van der Waals surface area contributed by atoms with Crippen molar-refractivity contribution < 1.29 is 14.3 Å². The number of aromatic nitrogens is 4. The van der Waals surface area contributed by atoms with Crippen LogP contribution in [0.1, 0.15) is 30.7 Å². The average Bonchev–Trinajstić information content (AvgIpc) is 3.47. The van der Waals surface area contributed by atoms with Gasteiger partial charge in [-0.2, -0.15) is 0 Å². The molecule has 11 nitrogen and oxygen atoms in total. The van der Waals surface area contributed by atoms with Crippen molar-refractivity contribution in [3.63, 3.8) is 0 Å². The molecular weight excluding hydrogens is 627 g/mol. The van der Waals surface area contributed by atoms with Crippen molar-refractivity contribution in [2.45, 2.75) is 44.4 Å². The molecule has 2 fully saturated rings. The summed E-state index contributed by atoms with van der Waals surface area (Å²) in [5.41, 5.74) is 5.43. The van der Waals surface area contributed by atoms with Crippen LogP contribution in [0.3, 0.4) is 0 Å². The Balaban J connectivity index is 1.22. The molecule has 13 heteroatoms. The molecule has 2 aromatic carbocycles. The van der Waals surface area contributed by atoms with Gasteiger partial charge >= 0.3 is 0 Å². The van der Waals surface area contributed by atoms with Crippen molar-refractivity contribution in [3.8, 4) is 45.4 Å². The quantitative estimate of drug-likeness (QED) is 0.163. The van der Waals surface area contributed by atoms with Crippen molar-refractivity contribution >= 4 is 29.1 Å². The van der Waals surface area contributed by atoms with Crippen LogP contribution >= 0.6 is 23.2 Å². The maximum Gasteiger partial charge on any atom is 0.237 e. The normalized spacial score (nSPS) is 17.4. The van der Waals surface area contributed by atoms with Crippen LogP contribution in [0, 0.1) is 0 Å². The molecule has 2 aliphatic rings. The minimum atomic E-state index is 0.0872. The van der Waals surface area contributed by atoms with E-state index < -0.39 is 0 Å². The number of ether oxygens (including phenoxy) is 2. The van der Waals surface area contributed by atoms with Gasteiger partial charge in [-0.15, -0.1) is 0 Å². The van der Waals surface area contributed by atoms with Crippen LogP contribution in [0.4, 0.5) is 0 Å². The second-order valence-corrected chi connectivity index (χ2v) is 12.0. The number of nitrogens with zero attached hydrogens (tertiary/aromatic N) is 4. The first-order valence-corrected chi connectivity index (χ1v) is 16.0. The summed E-state index contributed by atoms with van der Waals surface area (Å²) in [7, 11) is 3.15. The van der Waals surface area contributed by atoms with Gasteiger partial charge in [-0.05, 0) is 19.4 Å². The molecule has 1 amide bonds. The predicted molar refractivity (Wildman–Crippen MR) is 178 cm³/mol. The van der Waals surface area contributed by atoms with E-state index in [4.69, 9.17) is 42.6 Å². The molecule has 240 valence electrons. The van der Waals surface area contributed by atoms with Crippen LogP contribution in [0.15, 0.2) is 48.8 Å². The molecule has 0 aliphatic carbocycles. The molecule has 4 N–H and O–H groups in total. The van der Waals surface area contributed by atoms with Crippen molar-refractivity contribution in [1.29, 1.82) is 0 Å². The molecule has 4 aromatic rings. The van der Waals surface area contributed by atoms with Gasteiger partial charge in [0.1, 0.15) is 11.4 Å². The lowest BCUT2D eigenvalue weighted by molar-refractivity contribution is -0.119. The Morgan fingerprint density at radius 3 is 1.72 bits per heavy atom. The fourth-order valence-corrected chi connectivity index (χ4v) is 6.23. The summed E-state index contributed by atoms with van der Waals surface area (Å²) in [6.07, 6.45) is 5.95. The summed E-state index contributed by atoms with van der Waals surface area (Å²) in [6, 6.07) is 12.1. The third kappa shape index (κ3) is 7.08. The van der Waals surface area contributed by atoms with E-state index in [2.05, 4.69) is 31.2 Å². The first-order valence-electron chi connectivity index (χ1n) is 15.3. The molecule has 2 aromatic heterocycles. The molecule has 6 rings (SSSR count). The van der Waals surface area contributed by atoms with E-state index in [1.165, 1.54) is 6.42 Å². The van der Waals surface area contributed by atoms with Gasteiger partial charge in [-0.3, -0.25) is 14.8 Å². The van der Waals surface area contributed by atoms with Crippen molar-refractivity contribution in [2.75, 3.05) is 33.9 Å². The summed E-state index contributed by atoms with van der Waals surface area (Å²) >= 11 is 14.1. The highest BCUT2D eigenvalue weighted by atomic mass is 35.5. The second-order valence-electron chi connectivity index (χ2n) is 11.3. The third-order valence-electron chi connectivity index (χ3n) is 8.23. The van der Waals surface area contributed by atoms with Gasteiger partial charge in [0.2, 0.25) is 17.7 Å². The number of amides is 1. The average molecular weight is 664 g/mol. The highest BCUT2D eigenvalue weighted by Crippen LogP contribution is 2.42. The standard InChI is InChI=1S/C33H36Cl2N8O3/c1-45-32-27(15-36-13-19-11-12-38-19)39-17-25(42-32)23-7-3-5-21(30(23)34)22-6-4-8-24(31(22)35)26-18-40-28(33(43-26)46-2)16-37-14-20-9-10-29(44)41-20/h3-8,17-20,36-38H,9-16H2,1-2H3,(H,41,44). The molecule has 2 atom stereocenters. The van der Waals surface area contributed by atoms with Crippen molar-refractivity contribution in [3.05, 3.63) is 70.2 Å². The van der Waals surface area contributed by atoms with Gasteiger partial charge in [0.15, 0.2) is 0 Å². The predicted octanol–water partition coefficient (Wildman–Crippen LogP) is 4.41. The number of nitrogens with one attached hydrogen (secondary N) is 4. The highest BCUT2D eigenvalue weighted by molar-refractivity contribution is 6.39. The van der Waals surface area contributed by atoms with E-state index in [1.54, 1.807) is 26.6 Å². The molecule has 0 spiro atoms. The molecule has 46 heavy (non-hydrogen) atoms. The van der Waals surface area contributed by atoms with Crippen LogP contribution in [-0.4, -0.2) is 71.8 Å². The van der Waals surface area contributed by atoms with Gasteiger partial charge < -0.3 is 30.7 Å². The first-order chi connectivity index (χ1) is 22.4. The molecule has 0 bridgehead atoms. The van der Waals surface area contributed by atoms with Crippen LogP contribution in [-0.2, 0) is 17.9 Å². The number of hydrogen-bond donors (Lipinski definition) is 4. The van der Waals surface area contributed by atoms with Gasteiger partial charge in [0, 0.05) is 66.9 Å². The molecule has 2 aliphatic heterocycles. The number of rotatable bonds is 13. The number of methoxy groups -OCH3 is 2. The van der Waals surface area contributed by atoms with Crippen molar-refractivity contribution in [1.82, 2.24) is 41.2 Å². The number of hydrogen-bond acceptors (Lipinski definition) is 10. The Hall–Kier alpha value is -3.87. The van der Waals surface area contributed by atoms with E-state index in [0.29, 0.717) is 82.1 Å². The largest absolute Gasteiger partial charge is 0.480 e. The monoisotopic (exact) mass is 662 g/mol. The van der Waals surface area contributed by atoms with E-state index in [-0.39, 0.29) is 11.9 Å².